The highest BCUT2D eigenvalue weighted by Gasteiger charge is 2.08. The highest BCUT2D eigenvalue weighted by Crippen LogP contribution is 2.29. The molecular weight excluding hydrogens is 336 g/mol. The lowest BCUT2D eigenvalue weighted by Gasteiger charge is -2.13. The standard InChI is InChI=1S/C21H16N6/c1-2-12-26(11-1)20-8-4-7-19-18(20)9-10-23-21(19)25-16-5-3-6-17(13-16)27-15-22-14-24-27/h1-15H,(H,23,25). The molecule has 3 aromatic heterocycles. The largest absolute Gasteiger partial charge is 0.340 e. The molecule has 130 valence electrons. The molecule has 0 aliphatic carbocycles. The number of nitrogens with one attached hydrogen (secondary N) is 1. The van der Waals surface area contributed by atoms with Crippen molar-refractivity contribution in [3.8, 4) is 11.4 Å². The molecule has 0 aliphatic rings. The Morgan fingerprint density at radius 2 is 1.74 bits per heavy atom. The maximum atomic E-state index is 4.56. The Hall–Kier alpha value is -3.93. The van der Waals surface area contributed by atoms with Crippen molar-refractivity contribution in [2.24, 2.45) is 0 Å². The van der Waals surface area contributed by atoms with Crippen molar-refractivity contribution < 1.29 is 0 Å². The maximum absolute atomic E-state index is 4.56. The molecule has 27 heavy (non-hydrogen) atoms. The van der Waals surface area contributed by atoms with Crippen LogP contribution in [0.5, 0.6) is 0 Å². The second kappa shape index (κ2) is 6.42. The molecule has 0 unspecified atom stereocenters. The molecule has 1 N–H and O–H groups in total. The van der Waals surface area contributed by atoms with E-state index in [-0.39, 0.29) is 0 Å². The fourth-order valence-electron chi connectivity index (χ4n) is 3.21. The van der Waals surface area contributed by atoms with Gasteiger partial charge in [-0.05, 0) is 42.5 Å². The van der Waals surface area contributed by atoms with Crippen molar-refractivity contribution in [3.05, 3.63) is 91.9 Å². The van der Waals surface area contributed by atoms with E-state index >= 15 is 0 Å². The Labute approximate surface area is 155 Å². The van der Waals surface area contributed by atoms with Gasteiger partial charge >= 0.3 is 0 Å². The van der Waals surface area contributed by atoms with Crippen LogP contribution in [0.25, 0.3) is 22.1 Å². The quantitative estimate of drug-likeness (QED) is 0.522. The smallest absolute Gasteiger partial charge is 0.138 e. The molecule has 0 aliphatic heterocycles. The zero-order valence-corrected chi connectivity index (χ0v) is 14.4. The van der Waals surface area contributed by atoms with E-state index in [1.807, 2.05) is 61.1 Å². The first-order valence-electron chi connectivity index (χ1n) is 8.62. The molecule has 2 aromatic carbocycles. The van der Waals surface area contributed by atoms with E-state index in [4.69, 9.17) is 0 Å². The van der Waals surface area contributed by atoms with Crippen LogP contribution in [0.4, 0.5) is 11.5 Å². The molecule has 5 rings (SSSR count). The minimum Gasteiger partial charge on any atom is -0.340 e. The number of fused-ring (bicyclic) bond motifs is 1. The van der Waals surface area contributed by atoms with Crippen molar-refractivity contribution in [2.45, 2.75) is 0 Å². The van der Waals surface area contributed by atoms with E-state index in [2.05, 4.69) is 43.1 Å². The monoisotopic (exact) mass is 352 g/mol. The Morgan fingerprint density at radius 1 is 0.852 bits per heavy atom. The van der Waals surface area contributed by atoms with Crippen molar-refractivity contribution >= 4 is 22.3 Å². The van der Waals surface area contributed by atoms with Crippen molar-refractivity contribution in [3.63, 3.8) is 0 Å². The normalized spacial score (nSPS) is 11.0. The summed E-state index contributed by atoms with van der Waals surface area (Å²) in [5.41, 5.74) is 3.00. The number of pyridine rings is 1. The third kappa shape index (κ3) is 2.83. The number of benzene rings is 2. The van der Waals surface area contributed by atoms with Crippen LogP contribution < -0.4 is 5.32 Å². The van der Waals surface area contributed by atoms with Crippen LogP contribution in [-0.4, -0.2) is 24.3 Å². The minimum atomic E-state index is 0.817. The Morgan fingerprint density at radius 3 is 2.59 bits per heavy atom. The molecule has 0 spiro atoms. The Bertz CT molecular complexity index is 1190. The van der Waals surface area contributed by atoms with Gasteiger partial charge in [-0.3, -0.25) is 0 Å². The molecule has 0 atom stereocenters. The van der Waals surface area contributed by atoms with Gasteiger partial charge in [0.2, 0.25) is 0 Å². The summed E-state index contributed by atoms with van der Waals surface area (Å²) < 4.78 is 3.84. The average Bonchev–Trinajstić information content (AvgIpc) is 3.42. The third-order valence-corrected chi connectivity index (χ3v) is 4.46. The molecule has 3 heterocycles. The fraction of sp³-hybridized carbons (Fsp3) is 0. The van der Waals surface area contributed by atoms with E-state index in [0.717, 1.165) is 33.7 Å². The van der Waals surface area contributed by atoms with Crippen LogP contribution in [0.1, 0.15) is 0 Å². The van der Waals surface area contributed by atoms with Gasteiger partial charge in [-0.1, -0.05) is 18.2 Å². The molecule has 0 saturated heterocycles. The maximum Gasteiger partial charge on any atom is 0.138 e. The van der Waals surface area contributed by atoms with Gasteiger partial charge in [-0.2, -0.15) is 5.10 Å². The predicted molar refractivity (Wildman–Crippen MR) is 106 cm³/mol. The zero-order valence-electron chi connectivity index (χ0n) is 14.4. The zero-order chi connectivity index (χ0) is 18.1. The highest BCUT2D eigenvalue weighted by molar-refractivity contribution is 5.98. The highest BCUT2D eigenvalue weighted by atomic mass is 15.3. The summed E-state index contributed by atoms with van der Waals surface area (Å²) in [5, 5.41) is 9.83. The van der Waals surface area contributed by atoms with Gasteiger partial charge in [0.15, 0.2) is 0 Å². The first-order chi connectivity index (χ1) is 13.4. The van der Waals surface area contributed by atoms with Crippen LogP contribution in [0.2, 0.25) is 0 Å². The Kier molecular flexibility index (Phi) is 3.65. The van der Waals surface area contributed by atoms with Gasteiger partial charge in [-0.15, -0.1) is 0 Å². The second-order valence-electron chi connectivity index (χ2n) is 6.14. The molecule has 6 heteroatoms. The first kappa shape index (κ1) is 15.3. The lowest BCUT2D eigenvalue weighted by atomic mass is 10.1. The van der Waals surface area contributed by atoms with Gasteiger partial charge in [0.1, 0.15) is 18.5 Å². The minimum absolute atomic E-state index is 0.817. The van der Waals surface area contributed by atoms with E-state index in [1.165, 1.54) is 6.33 Å². The second-order valence-corrected chi connectivity index (χ2v) is 6.14. The van der Waals surface area contributed by atoms with E-state index in [1.54, 1.807) is 11.0 Å². The van der Waals surface area contributed by atoms with Gasteiger partial charge in [0.05, 0.1) is 11.4 Å². The van der Waals surface area contributed by atoms with Crippen LogP contribution in [-0.2, 0) is 0 Å². The average molecular weight is 352 g/mol. The van der Waals surface area contributed by atoms with Crippen molar-refractivity contribution in [1.82, 2.24) is 24.3 Å². The molecule has 0 bridgehead atoms. The third-order valence-electron chi connectivity index (χ3n) is 4.46. The van der Waals surface area contributed by atoms with Crippen LogP contribution in [0.15, 0.2) is 91.9 Å². The number of hydrogen-bond acceptors (Lipinski definition) is 4. The molecule has 6 nitrogen and oxygen atoms in total. The summed E-state index contributed by atoms with van der Waals surface area (Å²) in [6.45, 7) is 0. The molecular formula is C21H16N6. The lowest BCUT2D eigenvalue weighted by Crippen LogP contribution is -1.99. The Balaban J connectivity index is 1.57. The first-order valence-corrected chi connectivity index (χ1v) is 8.62. The number of nitrogens with zero attached hydrogens (tertiary/aromatic N) is 5. The topological polar surface area (TPSA) is 60.6 Å². The fourth-order valence-corrected chi connectivity index (χ4v) is 3.21. The number of anilines is 2. The molecule has 0 fully saturated rings. The van der Waals surface area contributed by atoms with Crippen molar-refractivity contribution in [1.29, 1.82) is 0 Å². The summed E-state index contributed by atoms with van der Waals surface area (Å²) in [4.78, 5) is 8.57. The lowest BCUT2D eigenvalue weighted by molar-refractivity contribution is 0.879. The van der Waals surface area contributed by atoms with Crippen LogP contribution >= 0.6 is 0 Å². The van der Waals surface area contributed by atoms with Crippen LogP contribution in [0.3, 0.4) is 0 Å². The summed E-state index contributed by atoms with van der Waals surface area (Å²) >= 11 is 0. The summed E-state index contributed by atoms with van der Waals surface area (Å²) in [5.74, 6) is 0.817. The number of aromatic nitrogens is 5. The van der Waals surface area contributed by atoms with Gasteiger partial charge in [-0.25, -0.2) is 14.6 Å². The van der Waals surface area contributed by atoms with E-state index < -0.39 is 0 Å². The number of rotatable bonds is 4. The summed E-state index contributed by atoms with van der Waals surface area (Å²) in [6.07, 6.45) is 9.13. The summed E-state index contributed by atoms with van der Waals surface area (Å²) in [7, 11) is 0. The van der Waals surface area contributed by atoms with Gasteiger partial charge < -0.3 is 9.88 Å². The van der Waals surface area contributed by atoms with E-state index in [0.29, 0.717) is 0 Å². The van der Waals surface area contributed by atoms with Crippen molar-refractivity contribution in [2.75, 3.05) is 5.32 Å². The van der Waals surface area contributed by atoms with Gasteiger partial charge in [0, 0.05) is 35.1 Å². The summed E-state index contributed by atoms with van der Waals surface area (Å²) in [6, 6.07) is 20.3. The van der Waals surface area contributed by atoms with E-state index in [9.17, 15) is 0 Å². The van der Waals surface area contributed by atoms with Gasteiger partial charge in [0.25, 0.3) is 0 Å². The SMILES string of the molecule is c1cc(Nc2nccc3c(-n4cccc4)cccc23)cc(-n2cncn2)c1. The molecule has 0 radical (unpaired) electrons. The molecule has 5 aromatic rings. The van der Waals surface area contributed by atoms with Crippen LogP contribution in [0, 0.1) is 0 Å². The molecule has 0 saturated carbocycles. The predicted octanol–water partition coefficient (Wildman–Crippen LogP) is 4.35. The number of hydrogen-bond donors (Lipinski definition) is 1. The molecule has 0 amide bonds.